The molecule has 68 valence electrons. The molecule has 0 aliphatic rings. The summed E-state index contributed by atoms with van der Waals surface area (Å²) in [4.78, 5) is 0. The molecule has 0 N–H and O–H groups in total. The molecule has 0 saturated heterocycles. The number of rotatable bonds is 2. The van der Waals surface area contributed by atoms with Crippen molar-refractivity contribution in [3.05, 3.63) is 18.1 Å². The topological polar surface area (TPSA) is 52.3 Å². The molecule has 0 aliphatic heterocycles. The highest BCUT2D eigenvalue weighted by Gasteiger charge is 2.06. The quantitative estimate of drug-likeness (QED) is 0.684. The summed E-state index contributed by atoms with van der Waals surface area (Å²) in [5.41, 5.74) is 0.463. The number of ether oxygens (including phenoxy) is 1. The highest BCUT2D eigenvalue weighted by Crippen LogP contribution is 2.08. The van der Waals surface area contributed by atoms with Crippen LogP contribution in [0.25, 0.3) is 5.65 Å². The van der Waals surface area contributed by atoms with Crippen LogP contribution in [0.15, 0.2) is 12.1 Å². The molecule has 2 rings (SSSR count). The van der Waals surface area contributed by atoms with Crippen molar-refractivity contribution in [2.75, 3.05) is 6.61 Å². The van der Waals surface area contributed by atoms with Crippen LogP contribution in [-0.4, -0.2) is 26.4 Å². The lowest BCUT2D eigenvalue weighted by Crippen LogP contribution is -2.01. The van der Waals surface area contributed by atoms with Gasteiger partial charge in [0.05, 0.1) is 6.61 Å². The number of hydrogen-bond donors (Lipinski definition) is 0. The fourth-order valence-electron chi connectivity index (χ4n) is 0.966. The Kier molecular flexibility index (Phi) is 1.80. The second kappa shape index (κ2) is 2.96. The van der Waals surface area contributed by atoms with Crippen molar-refractivity contribution in [3.63, 3.8) is 0 Å². The highest BCUT2D eigenvalue weighted by molar-refractivity contribution is 5.36. The van der Waals surface area contributed by atoms with Crippen LogP contribution >= 0.6 is 0 Å². The number of nitrogens with zero attached hydrogens (tertiary/aromatic N) is 4. The van der Waals surface area contributed by atoms with E-state index in [-0.39, 0.29) is 6.01 Å². The van der Waals surface area contributed by atoms with Crippen molar-refractivity contribution >= 4 is 5.65 Å². The van der Waals surface area contributed by atoms with Crippen LogP contribution < -0.4 is 4.74 Å². The van der Waals surface area contributed by atoms with Crippen LogP contribution in [-0.2, 0) is 0 Å². The fourth-order valence-corrected chi connectivity index (χ4v) is 0.966. The molecule has 0 amide bonds. The van der Waals surface area contributed by atoms with Crippen LogP contribution in [0, 0.1) is 5.95 Å². The molecular formula is C7H7FN4O. The smallest absolute Gasteiger partial charge is 0.338 e. The van der Waals surface area contributed by atoms with Gasteiger partial charge in [0.25, 0.3) is 0 Å². The molecule has 0 bridgehead atoms. The third-order valence-electron chi connectivity index (χ3n) is 1.48. The van der Waals surface area contributed by atoms with Crippen molar-refractivity contribution in [2.24, 2.45) is 0 Å². The van der Waals surface area contributed by atoms with Gasteiger partial charge in [-0.1, -0.05) is 5.10 Å². The van der Waals surface area contributed by atoms with E-state index >= 15 is 0 Å². The molecule has 13 heavy (non-hydrogen) atoms. The highest BCUT2D eigenvalue weighted by atomic mass is 19.1. The Morgan fingerprint density at radius 1 is 1.46 bits per heavy atom. The Labute approximate surface area is 73.2 Å². The molecule has 2 aromatic heterocycles. The van der Waals surface area contributed by atoms with Gasteiger partial charge in [0.15, 0.2) is 5.65 Å². The summed E-state index contributed by atoms with van der Waals surface area (Å²) in [7, 11) is 0. The van der Waals surface area contributed by atoms with Crippen LogP contribution in [0.4, 0.5) is 4.39 Å². The van der Waals surface area contributed by atoms with E-state index in [4.69, 9.17) is 4.74 Å². The van der Waals surface area contributed by atoms with E-state index in [1.165, 1.54) is 16.6 Å². The van der Waals surface area contributed by atoms with Crippen LogP contribution in [0.2, 0.25) is 0 Å². The molecule has 0 spiro atoms. The SMILES string of the molecule is CCOc1nnc2ccc(F)nn12. The predicted octanol–water partition coefficient (Wildman–Crippen LogP) is 0.662. The first-order valence-corrected chi connectivity index (χ1v) is 3.82. The van der Waals surface area contributed by atoms with E-state index < -0.39 is 5.95 Å². The lowest BCUT2D eigenvalue weighted by atomic mass is 10.5. The van der Waals surface area contributed by atoms with Crippen molar-refractivity contribution in [3.8, 4) is 6.01 Å². The predicted molar refractivity (Wildman–Crippen MR) is 41.9 cm³/mol. The third kappa shape index (κ3) is 1.30. The first-order valence-electron chi connectivity index (χ1n) is 3.82. The lowest BCUT2D eigenvalue weighted by Gasteiger charge is -1.97. The van der Waals surface area contributed by atoms with Gasteiger partial charge in [-0.2, -0.15) is 8.91 Å². The molecule has 5 nitrogen and oxygen atoms in total. The number of aromatic nitrogens is 4. The van der Waals surface area contributed by atoms with Gasteiger partial charge >= 0.3 is 6.01 Å². The second-order valence-electron chi connectivity index (χ2n) is 2.34. The Hall–Kier alpha value is -1.72. The van der Waals surface area contributed by atoms with E-state index in [0.717, 1.165) is 0 Å². The minimum Gasteiger partial charge on any atom is -0.463 e. The molecule has 0 unspecified atom stereocenters. The molecule has 0 aliphatic carbocycles. The Balaban J connectivity index is 2.58. The molecule has 0 saturated carbocycles. The second-order valence-corrected chi connectivity index (χ2v) is 2.34. The van der Waals surface area contributed by atoms with E-state index in [9.17, 15) is 4.39 Å². The molecule has 2 heterocycles. The van der Waals surface area contributed by atoms with Crippen molar-refractivity contribution in [1.29, 1.82) is 0 Å². The Morgan fingerprint density at radius 3 is 3.08 bits per heavy atom. The zero-order valence-corrected chi connectivity index (χ0v) is 6.94. The van der Waals surface area contributed by atoms with Crippen LogP contribution in [0.5, 0.6) is 6.01 Å². The lowest BCUT2D eigenvalue weighted by molar-refractivity contribution is 0.302. The minimum absolute atomic E-state index is 0.206. The van der Waals surface area contributed by atoms with Gasteiger partial charge in [-0.05, 0) is 19.1 Å². The Morgan fingerprint density at radius 2 is 2.31 bits per heavy atom. The van der Waals surface area contributed by atoms with E-state index in [2.05, 4.69) is 15.3 Å². The zero-order chi connectivity index (χ0) is 9.26. The molecule has 0 fully saturated rings. The van der Waals surface area contributed by atoms with Crippen molar-refractivity contribution in [1.82, 2.24) is 19.8 Å². The Bertz CT molecular complexity index is 427. The monoisotopic (exact) mass is 182 g/mol. The van der Waals surface area contributed by atoms with Gasteiger partial charge in [-0.3, -0.25) is 0 Å². The van der Waals surface area contributed by atoms with Gasteiger partial charge in [-0.25, -0.2) is 0 Å². The fraction of sp³-hybridized carbons (Fsp3) is 0.286. The molecule has 0 radical (unpaired) electrons. The van der Waals surface area contributed by atoms with Gasteiger partial charge < -0.3 is 4.74 Å². The summed E-state index contributed by atoms with van der Waals surface area (Å²) in [6.45, 7) is 2.25. The largest absolute Gasteiger partial charge is 0.463 e. The van der Waals surface area contributed by atoms with Crippen LogP contribution in [0.3, 0.4) is 0 Å². The van der Waals surface area contributed by atoms with Gasteiger partial charge in [0.1, 0.15) is 0 Å². The van der Waals surface area contributed by atoms with Crippen molar-refractivity contribution in [2.45, 2.75) is 6.92 Å². The number of fused-ring (bicyclic) bond motifs is 1. The number of halogens is 1. The summed E-state index contributed by atoms with van der Waals surface area (Å²) < 4.78 is 19.0. The van der Waals surface area contributed by atoms with E-state index in [0.29, 0.717) is 12.3 Å². The standard InChI is InChI=1S/C7H7FN4O/c1-2-13-7-10-9-6-4-3-5(8)11-12(6)7/h3-4H,2H2,1H3. The van der Waals surface area contributed by atoms with Gasteiger partial charge in [-0.15, -0.1) is 10.2 Å². The summed E-state index contributed by atoms with van der Waals surface area (Å²) >= 11 is 0. The first-order chi connectivity index (χ1) is 6.31. The molecule has 0 aromatic carbocycles. The average Bonchev–Trinajstić information content (AvgIpc) is 2.49. The van der Waals surface area contributed by atoms with Crippen molar-refractivity contribution < 1.29 is 9.13 Å². The summed E-state index contributed by atoms with van der Waals surface area (Å²) in [5, 5.41) is 11.0. The number of hydrogen-bond acceptors (Lipinski definition) is 4. The normalized spacial score (nSPS) is 10.6. The van der Waals surface area contributed by atoms with Crippen LogP contribution in [0.1, 0.15) is 6.92 Å². The van der Waals surface area contributed by atoms with Gasteiger partial charge in [0, 0.05) is 0 Å². The van der Waals surface area contributed by atoms with E-state index in [1.807, 2.05) is 0 Å². The summed E-state index contributed by atoms with van der Waals surface area (Å²) in [5.74, 6) is -0.590. The van der Waals surface area contributed by atoms with E-state index in [1.54, 1.807) is 6.92 Å². The summed E-state index contributed by atoms with van der Waals surface area (Å²) in [6.07, 6.45) is 0. The maximum absolute atomic E-state index is 12.7. The zero-order valence-electron chi connectivity index (χ0n) is 6.94. The molecule has 2 aromatic rings. The average molecular weight is 182 g/mol. The molecule has 6 heteroatoms. The van der Waals surface area contributed by atoms with Gasteiger partial charge in [0.2, 0.25) is 5.95 Å². The maximum atomic E-state index is 12.7. The maximum Gasteiger partial charge on any atom is 0.338 e. The molecular weight excluding hydrogens is 175 g/mol. The first kappa shape index (κ1) is 7.90. The third-order valence-corrected chi connectivity index (χ3v) is 1.48. The molecule has 0 atom stereocenters. The minimum atomic E-state index is -0.590. The summed E-state index contributed by atoms with van der Waals surface area (Å²) in [6, 6.07) is 2.91.